The summed E-state index contributed by atoms with van der Waals surface area (Å²) in [6, 6.07) is 15.8. The van der Waals surface area contributed by atoms with Crippen molar-refractivity contribution in [2.75, 3.05) is 7.05 Å². The molecule has 0 unspecified atom stereocenters. The van der Waals surface area contributed by atoms with Crippen LogP contribution in [-0.4, -0.2) is 32.6 Å². The monoisotopic (exact) mass is 440 g/mol. The standard InChI is InChI=1S/C20H17BrN4OS/c1-13-16(11-22-25(13)15-9-7-14(21)8-10-15)20(26)24(2)12-19-23-17-5-3-4-6-18(17)27-19/h3-11H,12H2,1-2H3. The Morgan fingerprint density at radius 2 is 1.93 bits per heavy atom. The predicted molar refractivity (Wildman–Crippen MR) is 111 cm³/mol. The summed E-state index contributed by atoms with van der Waals surface area (Å²) in [4.78, 5) is 19.2. The van der Waals surface area contributed by atoms with Gasteiger partial charge in [0, 0.05) is 11.5 Å². The highest BCUT2D eigenvalue weighted by Gasteiger charge is 2.20. The van der Waals surface area contributed by atoms with Gasteiger partial charge in [-0.3, -0.25) is 4.79 Å². The molecule has 1 amide bonds. The highest BCUT2D eigenvalue weighted by atomic mass is 79.9. The van der Waals surface area contributed by atoms with Crippen LogP contribution in [0, 0.1) is 6.92 Å². The van der Waals surface area contributed by atoms with Crippen LogP contribution < -0.4 is 0 Å². The molecule has 0 radical (unpaired) electrons. The minimum absolute atomic E-state index is 0.0601. The first-order chi connectivity index (χ1) is 13.0. The minimum atomic E-state index is -0.0601. The maximum atomic E-state index is 12.9. The molecule has 0 aliphatic heterocycles. The van der Waals surface area contributed by atoms with Crippen LogP contribution in [0.2, 0.25) is 0 Å². The SMILES string of the molecule is Cc1c(C(=O)N(C)Cc2nc3ccccc3s2)cnn1-c1ccc(Br)cc1. The van der Waals surface area contributed by atoms with Gasteiger partial charge in [-0.25, -0.2) is 9.67 Å². The van der Waals surface area contributed by atoms with Crippen molar-refractivity contribution in [3.63, 3.8) is 0 Å². The minimum Gasteiger partial charge on any atom is -0.335 e. The average Bonchev–Trinajstić information content (AvgIpc) is 3.24. The molecule has 7 heteroatoms. The summed E-state index contributed by atoms with van der Waals surface area (Å²) in [6.07, 6.45) is 1.63. The number of carbonyl (C=O) groups is 1. The lowest BCUT2D eigenvalue weighted by atomic mass is 10.2. The highest BCUT2D eigenvalue weighted by molar-refractivity contribution is 9.10. The van der Waals surface area contributed by atoms with Crippen molar-refractivity contribution in [3.8, 4) is 5.69 Å². The summed E-state index contributed by atoms with van der Waals surface area (Å²) in [5.41, 5.74) is 3.31. The molecule has 0 spiro atoms. The molecule has 0 saturated heterocycles. The van der Waals surface area contributed by atoms with E-state index in [0.717, 1.165) is 31.1 Å². The molecule has 0 aliphatic carbocycles. The van der Waals surface area contributed by atoms with Crippen molar-refractivity contribution in [3.05, 3.63) is 75.5 Å². The summed E-state index contributed by atoms with van der Waals surface area (Å²) in [5, 5.41) is 5.32. The molecular weight excluding hydrogens is 424 g/mol. The topological polar surface area (TPSA) is 51.0 Å². The number of aromatic nitrogens is 3. The Balaban J connectivity index is 1.56. The van der Waals surface area contributed by atoms with E-state index in [2.05, 4.69) is 26.0 Å². The number of rotatable bonds is 4. The molecule has 0 aliphatic rings. The molecule has 136 valence electrons. The van der Waals surface area contributed by atoms with Crippen LogP contribution >= 0.6 is 27.3 Å². The lowest BCUT2D eigenvalue weighted by Crippen LogP contribution is -2.26. The Labute approximate surface area is 169 Å². The van der Waals surface area contributed by atoms with E-state index in [1.165, 1.54) is 0 Å². The van der Waals surface area contributed by atoms with Crippen molar-refractivity contribution < 1.29 is 4.79 Å². The van der Waals surface area contributed by atoms with Crippen LogP contribution in [0.1, 0.15) is 21.1 Å². The van der Waals surface area contributed by atoms with Crippen molar-refractivity contribution in [2.24, 2.45) is 0 Å². The Morgan fingerprint density at radius 3 is 2.67 bits per heavy atom. The summed E-state index contributed by atoms with van der Waals surface area (Å²) in [5.74, 6) is -0.0601. The average molecular weight is 441 g/mol. The number of amides is 1. The van der Waals surface area contributed by atoms with Crippen LogP contribution in [0.4, 0.5) is 0 Å². The number of benzene rings is 2. The quantitative estimate of drug-likeness (QED) is 0.456. The third-order valence-corrected chi connectivity index (χ3v) is 5.92. The van der Waals surface area contributed by atoms with Gasteiger partial charge >= 0.3 is 0 Å². The molecule has 0 saturated carbocycles. The van der Waals surface area contributed by atoms with Gasteiger partial charge in [-0.15, -0.1) is 11.3 Å². The Morgan fingerprint density at radius 1 is 1.19 bits per heavy atom. The van der Waals surface area contributed by atoms with Gasteiger partial charge in [-0.1, -0.05) is 28.1 Å². The first-order valence-electron chi connectivity index (χ1n) is 8.43. The van der Waals surface area contributed by atoms with Gasteiger partial charge in [0.15, 0.2) is 0 Å². The van der Waals surface area contributed by atoms with Gasteiger partial charge in [-0.05, 0) is 43.3 Å². The predicted octanol–water partition coefficient (Wildman–Crippen LogP) is 4.83. The van der Waals surface area contributed by atoms with Gasteiger partial charge in [0.1, 0.15) is 5.01 Å². The smallest absolute Gasteiger partial charge is 0.257 e. The Hall–Kier alpha value is -2.51. The number of hydrogen-bond donors (Lipinski definition) is 0. The molecule has 2 heterocycles. The molecule has 2 aromatic carbocycles. The lowest BCUT2D eigenvalue weighted by molar-refractivity contribution is 0.0784. The van der Waals surface area contributed by atoms with Gasteiger partial charge in [0.05, 0.1) is 39.9 Å². The Bertz CT molecular complexity index is 1080. The second-order valence-corrected chi connectivity index (χ2v) is 8.30. The number of carbonyl (C=O) groups excluding carboxylic acids is 1. The first-order valence-corrected chi connectivity index (χ1v) is 10.0. The normalized spacial score (nSPS) is 11.1. The summed E-state index contributed by atoms with van der Waals surface area (Å²) in [6.45, 7) is 2.38. The molecule has 4 aromatic rings. The molecule has 27 heavy (non-hydrogen) atoms. The second-order valence-electron chi connectivity index (χ2n) is 6.27. The summed E-state index contributed by atoms with van der Waals surface area (Å²) >= 11 is 5.05. The molecule has 0 atom stereocenters. The van der Waals surface area contributed by atoms with E-state index in [4.69, 9.17) is 0 Å². The van der Waals surface area contributed by atoms with E-state index >= 15 is 0 Å². The van der Waals surface area contributed by atoms with Crippen molar-refractivity contribution in [1.82, 2.24) is 19.7 Å². The molecule has 0 bridgehead atoms. The molecule has 0 fully saturated rings. The van der Waals surface area contributed by atoms with E-state index in [0.29, 0.717) is 12.1 Å². The Kier molecular flexibility index (Phi) is 4.80. The van der Waals surface area contributed by atoms with E-state index < -0.39 is 0 Å². The van der Waals surface area contributed by atoms with Gasteiger partial charge in [0.25, 0.3) is 5.91 Å². The zero-order valence-corrected chi connectivity index (χ0v) is 17.3. The fourth-order valence-electron chi connectivity index (χ4n) is 2.93. The second kappa shape index (κ2) is 7.25. The van der Waals surface area contributed by atoms with Crippen LogP contribution in [0.3, 0.4) is 0 Å². The summed E-state index contributed by atoms with van der Waals surface area (Å²) < 4.78 is 3.92. The molecule has 2 aromatic heterocycles. The first kappa shape index (κ1) is 17.9. The van der Waals surface area contributed by atoms with Gasteiger partial charge in [0.2, 0.25) is 0 Å². The molecule has 4 rings (SSSR count). The zero-order chi connectivity index (χ0) is 19.0. The van der Waals surface area contributed by atoms with Crippen molar-refractivity contribution in [1.29, 1.82) is 0 Å². The van der Waals surface area contributed by atoms with Crippen LogP contribution in [0.25, 0.3) is 15.9 Å². The van der Waals surface area contributed by atoms with Crippen molar-refractivity contribution >= 4 is 43.4 Å². The fourth-order valence-corrected chi connectivity index (χ4v) is 4.22. The number of para-hydroxylation sites is 1. The largest absolute Gasteiger partial charge is 0.335 e. The van der Waals surface area contributed by atoms with Crippen LogP contribution in [-0.2, 0) is 6.54 Å². The highest BCUT2D eigenvalue weighted by Crippen LogP contribution is 2.23. The van der Waals surface area contributed by atoms with E-state index in [-0.39, 0.29) is 5.91 Å². The number of nitrogens with zero attached hydrogens (tertiary/aromatic N) is 4. The van der Waals surface area contributed by atoms with Gasteiger partial charge < -0.3 is 4.90 Å². The van der Waals surface area contributed by atoms with Crippen LogP contribution in [0.5, 0.6) is 0 Å². The van der Waals surface area contributed by atoms with E-state index in [1.54, 1.807) is 34.2 Å². The third kappa shape index (κ3) is 3.52. The molecule has 0 N–H and O–H groups in total. The molecule has 5 nitrogen and oxygen atoms in total. The van der Waals surface area contributed by atoms with E-state index in [9.17, 15) is 4.79 Å². The zero-order valence-electron chi connectivity index (χ0n) is 14.9. The third-order valence-electron chi connectivity index (χ3n) is 4.37. The van der Waals surface area contributed by atoms with Gasteiger partial charge in [-0.2, -0.15) is 5.10 Å². The number of thiazole rings is 1. The number of hydrogen-bond acceptors (Lipinski definition) is 4. The molecular formula is C20H17BrN4OS. The van der Waals surface area contributed by atoms with E-state index in [1.807, 2.05) is 55.5 Å². The summed E-state index contributed by atoms with van der Waals surface area (Å²) in [7, 11) is 1.80. The number of fused-ring (bicyclic) bond motifs is 1. The van der Waals surface area contributed by atoms with Crippen molar-refractivity contribution in [2.45, 2.75) is 13.5 Å². The fraction of sp³-hybridized carbons (Fsp3) is 0.150. The lowest BCUT2D eigenvalue weighted by Gasteiger charge is -2.15. The maximum Gasteiger partial charge on any atom is 0.257 e. The number of halogens is 1. The van der Waals surface area contributed by atoms with Crippen LogP contribution in [0.15, 0.2) is 59.2 Å². The maximum absolute atomic E-state index is 12.9.